The minimum atomic E-state index is -0.146. The van der Waals surface area contributed by atoms with Crippen molar-refractivity contribution in [3.8, 4) is 5.69 Å². The van der Waals surface area contributed by atoms with Crippen LogP contribution in [0.25, 0.3) is 5.69 Å². The molecule has 0 aliphatic heterocycles. The van der Waals surface area contributed by atoms with Gasteiger partial charge in [-0.25, -0.2) is 4.68 Å². The summed E-state index contributed by atoms with van der Waals surface area (Å²) in [5.74, 6) is -0.00918. The number of rotatable bonds is 5. The van der Waals surface area contributed by atoms with Crippen LogP contribution in [0.3, 0.4) is 0 Å². The van der Waals surface area contributed by atoms with Crippen molar-refractivity contribution in [3.63, 3.8) is 0 Å². The zero-order valence-electron chi connectivity index (χ0n) is 14.1. The highest BCUT2D eigenvalue weighted by atomic mass is 35.5. The van der Waals surface area contributed by atoms with E-state index in [0.29, 0.717) is 17.1 Å². The molecule has 1 aromatic carbocycles. The molecule has 2 heterocycles. The van der Waals surface area contributed by atoms with Gasteiger partial charge in [0.15, 0.2) is 0 Å². The second kappa shape index (κ2) is 7.49. The summed E-state index contributed by atoms with van der Waals surface area (Å²) in [7, 11) is 0. The SMILES string of the molecule is CC(C)c1c(C(=O)NCc2cccnc2)cnn1-c1ccc(Cl)cc1. The zero-order chi connectivity index (χ0) is 17.8. The van der Waals surface area contributed by atoms with E-state index in [1.807, 2.05) is 50.2 Å². The van der Waals surface area contributed by atoms with Gasteiger partial charge in [-0.2, -0.15) is 5.10 Å². The number of halogens is 1. The molecule has 1 amide bonds. The largest absolute Gasteiger partial charge is 0.348 e. The molecule has 1 N–H and O–H groups in total. The van der Waals surface area contributed by atoms with E-state index in [0.717, 1.165) is 16.9 Å². The van der Waals surface area contributed by atoms with Crippen LogP contribution in [-0.2, 0) is 6.54 Å². The summed E-state index contributed by atoms with van der Waals surface area (Å²) in [6, 6.07) is 11.2. The van der Waals surface area contributed by atoms with Crippen LogP contribution in [0.15, 0.2) is 55.0 Å². The van der Waals surface area contributed by atoms with Crippen molar-refractivity contribution < 1.29 is 4.79 Å². The molecule has 0 aliphatic rings. The minimum absolute atomic E-state index is 0.136. The molecule has 5 nitrogen and oxygen atoms in total. The third-order valence-electron chi connectivity index (χ3n) is 3.85. The molecule has 0 bridgehead atoms. The maximum absolute atomic E-state index is 12.6. The summed E-state index contributed by atoms with van der Waals surface area (Å²) in [6.07, 6.45) is 5.06. The lowest BCUT2D eigenvalue weighted by Crippen LogP contribution is -2.24. The summed E-state index contributed by atoms with van der Waals surface area (Å²) < 4.78 is 1.79. The number of carbonyl (C=O) groups excluding carboxylic acids is 1. The first-order valence-electron chi connectivity index (χ1n) is 8.07. The van der Waals surface area contributed by atoms with Crippen LogP contribution >= 0.6 is 11.6 Å². The highest BCUT2D eigenvalue weighted by molar-refractivity contribution is 6.30. The number of benzene rings is 1. The van der Waals surface area contributed by atoms with E-state index >= 15 is 0 Å². The maximum atomic E-state index is 12.6. The Morgan fingerprint density at radius 2 is 1.96 bits per heavy atom. The second-order valence-electron chi connectivity index (χ2n) is 6.03. The fourth-order valence-electron chi connectivity index (χ4n) is 2.66. The predicted molar refractivity (Wildman–Crippen MR) is 98.1 cm³/mol. The lowest BCUT2D eigenvalue weighted by atomic mass is 10.0. The van der Waals surface area contributed by atoms with Crippen molar-refractivity contribution >= 4 is 17.5 Å². The predicted octanol–water partition coefficient (Wildman–Crippen LogP) is 3.97. The average molecular weight is 355 g/mol. The molecule has 0 atom stereocenters. The van der Waals surface area contributed by atoms with Gasteiger partial charge in [-0.15, -0.1) is 0 Å². The Labute approximate surface area is 151 Å². The smallest absolute Gasteiger partial charge is 0.255 e. The highest BCUT2D eigenvalue weighted by Gasteiger charge is 2.20. The molecule has 128 valence electrons. The Morgan fingerprint density at radius 1 is 1.20 bits per heavy atom. The molecule has 0 saturated heterocycles. The number of pyridine rings is 1. The third-order valence-corrected chi connectivity index (χ3v) is 4.10. The zero-order valence-corrected chi connectivity index (χ0v) is 14.9. The molecule has 0 unspecified atom stereocenters. The Morgan fingerprint density at radius 3 is 2.60 bits per heavy atom. The van der Waals surface area contributed by atoms with Gasteiger partial charge < -0.3 is 5.32 Å². The summed E-state index contributed by atoms with van der Waals surface area (Å²) in [4.78, 5) is 16.7. The van der Waals surface area contributed by atoms with Crippen LogP contribution in [0.1, 0.15) is 41.4 Å². The number of nitrogens with one attached hydrogen (secondary N) is 1. The number of nitrogens with zero attached hydrogens (tertiary/aromatic N) is 3. The van der Waals surface area contributed by atoms with Gasteiger partial charge in [0, 0.05) is 24.0 Å². The van der Waals surface area contributed by atoms with Gasteiger partial charge >= 0.3 is 0 Å². The average Bonchev–Trinajstić information content (AvgIpc) is 3.06. The van der Waals surface area contributed by atoms with E-state index in [1.54, 1.807) is 23.3 Å². The van der Waals surface area contributed by atoms with E-state index in [9.17, 15) is 4.79 Å². The first-order chi connectivity index (χ1) is 12.1. The van der Waals surface area contributed by atoms with Gasteiger partial charge in [0.1, 0.15) is 0 Å². The first-order valence-corrected chi connectivity index (χ1v) is 8.45. The highest BCUT2D eigenvalue weighted by Crippen LogP contribution is 2.24. The van der Waals surface area contributed by atoms with Crippen LogP contribution in [0.5, 0.6) is 0 Å². The molecule has 6 heteroatoms. The first kappa shape index (κ1) is 17.2. The van der Waals surface area contributed by atoms with Gasteiger partial charge in [-0.3, -0.25) is 9.78 Å². The Balaban J connectivity index is 1.86. The standard InChI is InChI=1S/C19H19ClN4O/c1-13(2)18-17(19(25)22-11-14-4-3-9-21-10-14)12-23-24(18)16-7-5-15(20)6-8-16/h3-10,12-13H,11H2,1-2H3,(H,22,25). The molecular formula is C19H19ClN4O. The third kappa shape index (κ3) is 3.88. The van der Waals surface area contributed by atoms with Crippen molar-refractivity contribution in [1.82, 2.24) is 20.1 Å². The molecule has 0 spiro atoms. The van der Waals surface area contributed by atoms with E-state index in [-0.39, 0.29) is 11.8 Å². The molecule has 3 aromatic rings. The van der Waals surface area contributed by atoms with Crippen LogP contribution in [0, 0.1) is 0 Å². The minimum Gasteiger partial charge on any atom is -0.348 e. The summed E-state index contributed by atoms with van der Waals surface area (Å²) in [5, 5.41) is 8.01. The van der Waals surface area contributed by atoms with Gasteiger partial charge in [-0.1, -0.05) is 31.5 Å². The van der Waals surface area contributed by atoms with E-state index in [4.69, 9.17) is 11.6 Å². The molecule has 3 rings (SSSR count). The molecule has 0 radical (unpaired) electrons. The van der Waals surface area contributed by atoms with Crippen LogP contribution in [0.2, 0.25) is 5.02 Å². The quantitative estimate of drug-likeness (QED) is 0.754. The Kier molecular flexibility index (Phi) is 5.14. The number of hydrogen-bond donors (Lipinski definition) is 1. The van der Waals surface area contributed by atoms with Crippen molar-refractivity contribution in [1.29, 1.82) is 0 Å². The number of aromatic nitrogens is 3. The summed E-state index contributed by atoms with van der Waals surface area (Å²) >= 11 is 5.96. The molecule has 25 heavy (non-hydrogen) atoms. The van der Waals surface area contributed by atoms with Crippen molar-refractivity contribution in [2.75, 3.05) is 0 Å². The van der Waals surface area contributed by atoms with Crippen molar-refractivity contribution in [3.05, 3.63) is 76.8 Å². The molecular weight excluding hydrogens is 336 g/mol. The van der Waals surface area contributed by atoms with E-state index in [1.165, 1.54) is 0 Å². The molecule has 0 saturated carbocycles. The maximum Gasteiger partial charge on any atom is 0.255 e. The second-order valence-corrected chi connectivity index (χ2v) is 6.47. The lowest BCUT2D eigenvalue weighted by molar-refractivity contribution is 0.0949. The van der Waals surface area contributed by atoms with Crippen LogP contribution in [-0.4, -0.2) is 20.7 Å². The van der Waals surface area contributed by atoms with E-state index < -0.39 is 0 Å². The molecule has 2 aromatic heterocycles. The van der Waals surface area contributed by atoms with Crippen LogP contribution < -0.4 is 5.32 Å². The summed E-state index contributed by atoms with van der Waals surface area (Å²) in [6.45, 7) is 4.51. The Bertz CT molecular complexity index is 857. The van der Waals surface area contributed by atoms with Gasteiger partial charge in [-0.05, 0) is 41.8 Å². The lowest BCUT2D eigenvalue weighted by Gasteiger charge is -2.13. The van der Waals surface area contributed by atoms with Gasteiger partial charge in [0.05, 0.1) is 23.1 Å². The van der Waals surface area contributed by atoms with Crippen molar-refractivity contribution in [2.45, 2.75) is 26.3 Å². The monoisotopic (exact) mass is 354 g/mol. The normalized spacial score (nSPS) is 10.9. The topological polar surface area (TPSA) is 59.8 Å². The van der Waals surface area contributed by atoms with Crippen molar-refractivity contribution in [2.24, 2.45) is 0 Å². The van der Waals surface area contributed by atoms with Crippen LogP contribution in [0.4, 0.5) is 0 Å². The number of amides is 1. The molecule has 0 fully saturated rings. The van der Waals surface area contributed by atoms with Gasteiger partial charge in [0.2, 0.25) is 0 Å². The number of carbonyl (C=O) groups is 1. The summed E-state index contributed by atoms with van der Waals surface area (Å²) in [5.41, 5.74) is 3.27. The molecule has 0 aliphatic carbocycles. The number of hydrogen-bond acceptors (Lipinski definition) is 3. The van der Waals surface area contributed by atoms with E-state index in [2.05, 4.69) is 15.4 Å². The van der Waals surface area contributed by atoms with Gasteiger partial charge in [0.25, 0.3) is 5.91 Å². The fraction of sp³-hybridized carbons (Fsp3) is 0.211. The Hall–Kier alpha value is -2.66. The fourth-order valence-corrected chi connectivity index (χ4v) is 2.78.